The van der Waals surface area contributed by atoms with Crippen molar-refractivity contribution in [3.8, 4) is 5.75 Å². The molecule has 0 bridgehead atoms. The Labute approximate surface area is 147 Å². The molecule has 1 N–H and O–H groups in total. The lowest BCUT2D eigenvalue weighted by Gasteiger charge is -2.15. The molecule has 1 unspecified atom stereocenters. The highest BCUT2D eigenvalue weighted by Gasteiger charge is 2.15. The third-order valence-corrected chi connectivity index (χ3v) is 4.14. The summed E-state index contributed by atoms with van der Waals surface area (Å²) in [6.45, 7) is 6.37. The molecule has 0 aliphatic carbocycles. The minimum atomic E-state index is -0.575. The van der Waals surface area contributed by atoms with Crippen LogP contribution in [0.1, 0.15) is 38.0 Å². The summed E-state index contributed by atoms with van der Waals surface area (Å²) in [4.78, 5) is 12.2. The van der Waals surface area contributed by atoms with E-state index in [1.165, 1.54) is 5.56 Å². The number of carbonyl (C=O) groups excluding carboxylic acids is 1. The lowest BCUT2D eigenvalue weighted by molar-refractivity contribution is -0.127. The molecule has 0 aliphatic rings. The third kappa shape index (κ3) is 4.21. The van der Waals surface area contributed by atoms with Crippen LogP contribution in [0.5, 0.6) is 5.75 Å². The lowest BCUT2D eigenvalue weighted by Crippen LogP contribution is -2.35. The number of nitrogens with one attached hydrogen (secondary N) is 1. The molecule has 4 nitrogen and oxygen atoms in total. The van der Waals surface area contributed by atoms with Gasteiger partial charge in [0.1, 0.15) is 17.1 Å². The molecule has 2 aromatic carbocycles. The zero-order valence-corrected chi connectivity index (χ0v) is 14.8. The van der Waals surface area contributed by atoms with Crippen LogP contribution in [0.15, 0.2) is 59.0 Å². The van der Waals surface area contributed by atoms with Crippen molar-refractivity contribution in [1.82, 2.24) is 5.32 Å². The maximum absolute atomic E-state index is 12.2. The van der Waals surface area contributed by atoms with Gasteiger partial charge in [-0.15, -0.1) is 0 Å². The predicted octanol–water partition coefficient (Wildman–Crippen LogP) is 4.64. The molecule has 25 heavy (non-hydrogen) atoms. The summed E-state index contributed by atoms with van der Waals surface area (Å²) in [6.07, 6.45) is -0.575. The Bertz CT molecular complexity index is 816. The first-order valence-corrected chi connectivity index (χ1v) is 8.54. The molecule has 1 heterocycles. The molecule has 0 aliphatic heterocycles. The standard InChI is InChI=1S/C21H23NO3/c1-14(2)16-8-10-18(11-9-16)24-15(3)21(23)22-13-19-12-17-6-4-5-7-20(17)25-19/h4-12,14-15H,13H2,1-3H3,(H,22,23). The van der Waals surface area contributed by atoms with Crippen LogP contribution in [0, 0.1) is 0 Å². The van der Waals surface area contributed by atoms with Gasteiger partial charge in [0.25, 0.3) is 5.91 Å². The van der Waals surface area contributed by atoms with Crippen molar-refractivity contribution in [2.45, 2.75) is 39.3 Å². The molecule has 0 saturated carbocycles. The van der Waals surface area contributed by atoms with Crippen LogP contribution >= 0.6 is 0 Å². The first kappa shape index (κ1) is 17.1. The van der Waals surface area contributed by atoms with Crippen molar-refractivity contribution in [2.24, 2.45) is 0 Å². The summed E-state index contributed by atoms with van der Waals surface area (Å²) in [5.41, 5.74) is 2.07. The van der Waals surface area contributed by atoms with Crippen molar-refractivity contribution in [1.29, 1.82) is 0 Å². The fraction of sp³-hybridized carbons (Fsp3) is 0.286. The molecule has 0 spiro atoms. The van der Waals surface area contributed by atoms with Gasteiger partial charge in [-0.05, 0) is 42.7 Å². The molecule has 4 heteroatoms. The van der Waals surface area contributed by atoms with E-state index >= 15 is 0 Å². The van der Waals surface area contributed by atoms with Crippen molar-refractivity contribution in [2.75, 3.05) is 0 Å². The number of amides is 1. The molecule has 0 radical (unpaired) electrons. The second kappa shape index (κ2) is 7.43. The van der Waals surface area contributed by atoms with Crippen LogP contribution in [0.2, 0.25) is 0 Å². The zero-order chi connectivity index (χ0) is 17.8. The molecule has 0 saturated heterocycles. The molecule has 0 fully saturated rings. The van der Waals surface area contributed by atoms with Gasteiger partial charge in [0.2, 0.25) is 0 Å². The Hall–Kier alpha value is -2.75. The summed E-state index contributed by atoms with van der Waals surface area (Å²) in [5, 5.41) is 3.88. The Morgan fingerprint density at radius 1 is 1.08 bits per heavy atom. The number of rotatable bonds is 6. The maximum Gasteiger partial charge on any atom is 0.261 e. The van der Waals surface area contributed by atoms with E-state index in [1.54, 1.807) is 6.92 Å². The number of carbonyl (C=O) groups is 1. The van der Waals surface area contributed by atoms with Crippen molar-refractivity contribution in [3.05, 3.63) is 65.9 Å². The van der Waals surface area contributed by atoms with Crippen molar-refractivity contribution < 1.29 is 13.9 Å². The summed E-state index contributed by atoms with van der Waals surface area (Å²) < 4.78 is 11.4. The van der Waals surface area contributed by atoms with Crippen LogP contribution in [-0.2, 0) is 11.3 Å². The number of fused-ring (bicyclic) bond motifs is 1. The first-order valence-electron chi connectivity index (χ1n) is 8.54. The maximum atomic E-state index is 12.2. The predicted molar refractivity (Wildman–Crippen MR) is 98.7 cm³/mol. The molecule has 1 aromatic heterocycles. The normalized spacial score (nSPS) is 12.3. The molecular weight excluding hydrogens is 314 g/mol. The highest BCUT2D eigenvalue weighted by Crippen LogP contribution is 2.20. The van der Waals surface area contributed by atoms with E-state index in [4.69, 9.17) is 9.15 Å². The summed E-state index contributed by atoms with van der Waals surface area (Å²) in [5.74, 6) is 1.71. The van der Waals surface area contributed by atoms with Gasteiger partial charge < -0.3 is 14.5 Å². The Morgan fingerprint density at radius 2 is 1.80 bits per heavy atom. The van der Waals surface area contributed by atoms with Crippen molar-refractivity contribution in [3.63, 3.8) is 0 Å². The van der Waals surface area contributed by atoms with E-state index in [-0.39, 0.29) is 5.91 Å². The van der Waals surface area contributed by atoms with Gasteiger partial charge >= 0.3 is 0 Å². The summed E-state index contributed by atoms with van der Waals surface area (Å²) in [7, 11) is 0. The highest BCUT2D eigenvalue weighted by atomic mass is 16.5. The van der Waals surface area contributed by atoms with Crippen LogP contribution in [0.3, 0.4) is 0 Å². The van der Waals surface area contributed by atoms with Gasteiger partial charge in [0.05, 0.1) is 6.54 Å². The van der Waals surface area contributed by atoms with E-state index in [1.807, 2.05) is 54.6 Å². The van der Waals surface area contributed by atoms with Gasteiger partial charge in [-0.25, -0.2) is 0 Å². The van der Waals surface area contributed by atoms with Gasteiger partial charge in [0.15, 0.2) is 6.10 Å². The van der Waals surface area contributed by atoms with E-state index < -0.39 is 6.10 Å². The number of hydrogen-bond donors (Lipinski definition) is 1. The summed E-state index contributed by atoms with van der Waals surface area (Å²) in [6, 6.07) is 17.6. The van der Waals surface area contributed by atoms with Gasteiger partial charge in [-0.3, -0.25) is 4.79 Å². The number of hydrogen-bond acceptors (Lipinski definition) is 3. The first-order chi connectivity index (χ1) is 12.0. The molecule has 1 atom stereocenters. The minimum absolute atomic E-state index is 0.173. The van der Waals surface area contributed by atoms with E-state index in [9.17, 15) is 4.79 Å². The largest absolute Gasteiger partial charge is 0.481 e. The second-order valence-corrected chi connectivity index (χ2v) is 6.45. The van der Waals surface area contributed by atoms with Crippen LogP contribution in [-0.4, -0.2) is 12.0 Å². The van der Waals surface area contributed by atoms with Crippen molar-refractivity contribution >= 4 is 16.9 Å². The average Bonchev–Trinajstić information content (AvgIpc) is 3.03. The quantitative estimate of drug-likeness (QED) is 0.713. The van der Waals surface area contributed by atoms with E-state index in [2.05, 4.69) is 19.2 Å². The van der Waals surface area contributed by atoms with Gasteiger partial charge in [-0.2, -0.15) is 0 Å². The van der Waals surface area contributed by atoms with E-state index in [0.29, 0.717) is 18.2 Å². The number of benzene rings is 2. The van der Waals surface area contributed by atoms with Gasteiger partial charge in [-0.1, -0.05) is 44.2 Å². The number of ether oxygens (including phenoxy) is 1. The molecule has 3 rings (SSSR count). The van der Waals surface area contributed by atoms with Crippen LogP contribution in [0.4, 0.5) is 0 Å². The minimum Gasteiger partial charge on any atom is -0.481 e. The molecule has 3 aromatic rings. The zero-order valence-electron chi connectivity index (χ0n) is 14.8. The molecular formula is C21H23NO3. The Balaban J connectivity index is 1.55. The smallest absolute Gasteiger partial charge is 0.261 e. The summed E-state index contributed by atoms with van der Waals surface area (Å²) >= 11 is 0. The molecule has 1 amide bonds. The molecule has 130 valence electrons. The second-order valence-electron chi connectivity index (χ2n) is 6.45. The fourth-order valence-corrected chi connectivity index (χ4v) is 2.63. The highest BCUT2D eigenvalue weighted by molar-refractivity contribution is 5.81. The fourth-order valence-electron chi connectivity index (χ4n) is 2.63. The SMILES string of the molecule is CC(Oc1ccc(C(C)C)cc1)C(=O)NCc1cc2ccccc2o1. The van der Waals surface area contributed by atoms with Crippen LogP contribution < -0.4 is 10.1 Å². The van der Waals surface area contributed by atoms with E-state index in [0.717, 1.165) is 16.7 Å². The third-order valence-electron chi connectivity index (χ3n) is 4.14. The van der Waals surface area contributed by atoms with Crippen LogP contribution in [0.25, 0.3) is 11.0 Å². The Morgan fingerprint density at radius 3 is 2.48 bits per heavy atom. The van der Waals surface area contributed by atoms with Gasteiger partial charge in [0, 0.05) is 5.39 Å². The number of para-hydroxylation sites is 1. The topological polar surface area (TPSA) is 51.5 Å². The Kier molecular flexibility index (Phi) is 5.08. The lowest BCUT2D eigenvalue weighted by atomic mass is 10.0. The average molecular weight is 337 g/mol. The number of furan rings is 1. The monoisotopic (exact) mass is 337 g/mol.